The number of nitrogens with one attached hydrogen (secondary N) is 1. The van der Waals surface area contributed by atoms with Crippen molar-refractivity contribution in [2.75, 3.05) is 27.2 Å². The third-order valence-electron chi connectivity index (χ3n) is 3.47. The fraction of sp³-hybridized carbons (Fsp3) is 0.538. The average molecular weight is 284 g/mol. The van der Waals surface area contributed by atoms with Crippen molar-refractivity contribution in [1.29, 1.82) is 0 Å². The quantitative estimate of drug-likeness (QED) is 0.893. The second kappa shape index (κ2) is 5.48. The Morgan fingerprint density at radius 3 is 2.37 bits per heavy atom. The molecular formula is C13H20N2O3S. The van der Waals surface area contributed by atoms with Crippen LogP contribution in [0.5, 0.6) is 5.75 Å². The van der Waals surface area contributed by atoms with Crippen molar-refractivity contribution in [2.24, 2.45) is 5.92 Å². The van der Waals surface area contributed by atoms with E-state index in [-0.39, 0.29) is 10.9 Å². The Bertz CT molecular complexity index is 527. The van der Waals surface area contributed by atoms with Crippen molar-refractivity contribution >= 4 is 10.0 Å². The number of hydrogen-bond donors (Lipinski definition) is 1. The minimum absolute atomic E-state index is 0.0305. The molecule has 1 saturated heterocycles. The summed E-state index contributed by atoms with van der Waals surface area (Å²) in [5, 5.41) is 0. The Labute approximate surface area is 114 Å². The molecule has 0 spiro atoms. The van der Waals surface area contributed by atoms with E-state index in [1.807, 2.05) is 7.05 Å². The predicted molar refractivity (Wildman–Crippen MR) is 73.8 cm³/mol. The molecule has 0 amide bonds. The summed E-state index contributed by atoms with van der Waals surface area (Å²) in [5.74, 6) is 0.964. The van der Waals surface area contributed by atoms with Crippen LogP contribution >= 0.6 is 0 Å². The van der Waals surface area contributed by atoms with Gasteiger partial charge in [-0.15, -0.1) is 0 Å². The van der Waals surface area contributed by atoms with Gasteiger partial charge in [0.2, 0.25) is 10.0 Å². The van der Waals surface area contributed by atoms with Crippen molar-refractivity contribution in [1.82, 2.24) is 9.62 Å². The monoisotopic (exact) mass is 284 g/mol. The number of rotatable bonds is 4. The molecule has 0 aliphatic carbocycles. The van der Waals surface area contributed by atoms with E-state index in [4.69, 9.17) is 4.74 Å². The van der Waals surface area contributed by atoms with Gasteiger partial charge >= 0.3 is 0 Å². The highest BCUT2D eigenvalue weighted by molar-refractivity contribution is 7.89. The molecule has 1 aliphatic rings. The zero-order valence-corrected chi connectivity index (χ0v) is 12.3. The van der Waals surface area contributed by atoms with E-state index in [1.54, 1.807) is 31.4 Å². The zero-order chi connectivity index (χ0) is 14.0. The number of ether oxygens (including phenoxy) is 1. The number of nitrogens with zero attached hydrogens (tertiary/aromatic N) is 1. The molecule has 106 valence electrons. The molecule has 5 nitrogen and oxygen atoms in total. The van der Waals surface area contributed by atoms with Crippen LogP contribution in [0.3, 0.4) is 0 Å². The van der Waals surface area contributed by atoms with Gasteiger partial charge in [0.05, 0.1) is 12.0 Å². The van der Waals surface area contributed by atoms with Gasteiger partial charge < -0.3 is 9.64 Å². The standard InChI is InChI=1S/C13H20N2O3S/c1-10-8-15(2)9-13(10)14-19(16,17)12-6-4-11(18-3)5-7-12/h4-7,10,13-14H,8-9H2,1-3H3. The lowest BCUT2D eigenvalue weighted by molar-refractivity contribution is 0.400. The molecule has 19 heavy (non-hydrogen) atoms. The molecule has 1 aliphatic heterocycles. The maximum Gasteiger partial charge on any atom is 0.240 e. The third kappa shape index (κ3) is 3.26. The van der Waals surface area contributed by atoms with Crippen LogP contribution in [0.2, 0.25) is 0 Å². The van der Waals surface area contributed by atoms with E-state index >= 15 is 0 Å². The van der Waals surface area contributed by atoms with Gasteiger partial charge in [-0.25, -0.2) is 13.1 Å². The molecule has 2 atom stereocenters. The Hall–Kier alpha value is -1.11. The maximum absolute atomic E-state index is 12.3. The van der Waals surface area contributed by atoms with Gasteiger partial charge in [0.15, 0.2) is 0 Å². The molecule has 2 rings (SSSR count). The van der Waals surface area contributed by atoms with Crippen LogP contribution in [0.1, 0.15) is 6.92 Å². The first-order valence-electron chi connectivity index (χ1n) is 6.27. The van der Waals surface area contributed by atoms with Gasteiger partial charge in [0.1, 0.15) is 5.75 Å². The van der Waals surface area contributed by atoms with E-state index in [1.165, 1.54) is 0 Å². The molecule has 1 aromatic carbocycles. The lowest BCUT2D eigenvalue weighted by Crippen LogP contribution is -2.39. The molecule has 0 radical (unpaired) electrons. The van der Waals surface area contributed by atoms with Crippen LogP contribution in [0.25, 0.3) is 0 Å². The summed E-state index contributed by atoms with van der Waals surface area (Å²) in [6, 6.07) is 6.39. The highest BCUT2D eigenvalue weighted by atomic mass is 32.2. The number of methoxy groups -OCH3 is 1. The smallest absolute Gasteiger partial charge is 0.240 e. The Morgan fingerprint density at radius 2 is 1.89 bits per heavy atom. The zero-order valence-electron chi connectivity index (χ0n) is 11.5. The minimum atomic E-state index is -3.46. The van der Waals surface area contributed by atoms with Crippen LogP contribution in [0.15, 0.2) is 29.2 Å². The number of likely N-dealkylation sites (tertiary alicyclic amines) is 1. The molecule has 0 saturated carbocycles. The second-order valence-corrected chi connectivity index (χ2v) is 6.82. The molecular weight excluding hydrogens is 264 g/mol. The number of likely N-dealkylation sites (N-methyl/N-ethyl adjacent to an activating group) is 1. The summed E-state index contributed by atoms with van der Waals surface area (Å²) in [4.78, 5) is 2.40. The third-order valence-corrected chi connectivity index (χ3v) is 4.98. The molecule has 0 aromatic heterocycles. The highest BCUT2D eigenvalue weighted by Gasteiger charge is 2.31. The van der Waals surface area contributed by atoms with Crippen LogP contribution < -0.4 is 9.46 Å². The van der Waals surface area contributed by atoms with E-state index in [2.05, 4.69) is 16.5 Å². The molecule has 6 heteroatoms. The largest absolute Gasteiger partial charge is 0.497 e. The molecule has 1 N–H and O–H groups in total. The lowest BCUT2D eigenvalue weighted by Gasteiger charge is -2.16. The fourth-order valence-corrected chi connectivity index (χ4v) is 3.72. The van der Waals surface area contributed by atoms with Gasteiger partial charge in [-0.2, -0.15) is 0 Å². The van der Waals surface area contributed by atoms with Gasteiger partial charge in [-0.05, 0) is 37.2 Å². The first kappa shape index (κ1) is 14.3. The van der Waals surface area contributed by atoms with E-state index in [9.17, 15) is 8.42 Å². The van der Waals surface area contributed by atoms with Crippen LogP contribution in [0.4, 0.5) is 0 Å². The molecule has 2 unspecified atom stereocenters. The van der Waals surface area contributed by atoms with E-state index < -0.39 is 10.0 Å². The average Bonchev–Trinajstić information content (AvgIpc) is 2.67. The summed E-state index contributed by atoms with van der Waals surface area (Å²) in [7, 11) is 0.0943. The van der Waals surface area contributed by atoms with Crippen LogP contribution in [-0.2, 0) is 10.0 Å². The summed E-state index contributed by atoms with van der Waals surface area (Å²) in [6.45, 7) is 3.72. The normalized spacial score (nSPS) is 24.6. The van der Waals surface area contributed by atoms with Crippen molar-refractivity contribution in [3.05, 3.63) is 24.3 Å². The van der Waals surface area contributed by atoms with Gasteiger partial charge in [0, 0.05) is 19.1 Å². The maximum atomic E-state index is 12.3. The van der Waals surface area contributed by atoms with Crippen molar-refractivity contribution < 1.29 is 13.2 Å². The van der Waals surface area contributed by atoms with E-state index in [0.717, 1.165) is 13.1 Å². The molecule has 1 fully saturated rings. The lowest BCUT2D eigenvalue weighted by atomic mass is 10.1. The van der Waals surface area contributed by atoms with Gasteiger partial charge in [-0.1, -0.05) is 6.92 Å². The topological polar surface area (TPSA) is 58.6 Å². The molecule has 0 bridgehead atoms. The van der Waals surface area contributed by atoms with Crippen molar-refractivity contribution in [2.45, 2.75) is 17.9 Å². The van der Waals surface area contributed by atoms with Crippen LogP contribution in [0, 0.1) is 5.92 Å². The van der Waals surface area contributed by atoms with Crippen molar-refractivity contribution in [3.8, 4) is 5.75 Å². The summed E-state index contributed by atoms with van der Waals surface area (Å²) in [5.41, 5.74) is 0. The highest BCUT2D eigenvalue weighted by Crippen LogP contribution is 2.19. The summed E-state index contributed by atoms with van der Waals surface area (Å²) in [6.07, 6.45) is 0. The predicted octanol–water partition coefficient (Wildman–Crippen LogP) is 0.924. The SMILES string of the molecule is COc1ccc(S(=O)(=O)NC2CN(C)CC2C)cc1. The first-order chi connectivity index (χ1) is 8.92. The molecule has 1 aromatic rings. The van der Waals surface area contributed by atoms with Crippen molar-refractivity contribution in [3.63, 3.8) is 0 Å². The summed E-state index contributed by atoms with van der Waals surface area (Å²) < 4.78 is 32.3. The number of benzene rings is 1. The van der Waals surface area contributed by atoms with Crippen LogP contribution in [-0.4, -0.2) is 46.6 Å². The van der Waals surface area contributed by atoms with E-state index in [0.29, 0.717) is 11.7 Å². The Kier molecular flexibility index (Phi) is 4.13. The van der Waals surface area contributed by atoms with Gasteiger partial charge in [-0.3, -0.25) is 0 Å². The molecule has 1 heterocycles. The Balaban J connectivity index is 2.13. The summed E-state index contributed by atoms with van der Waals surface area (Å²) >= 11 is 0. The number of hydrogen-bond acceptors (Lipinski definition) is 4. The fourth-order valence-electron chi connectivity index (χ4n) is 2.38. The second-order valence-electron chi connectivity index (χ2n) is 5.10. The number of sulfonamides is 1. The minimum Gasteiger partial charge on any atom is -0.497 e. The Morgan fingerprint density at radius 1 is 1.26 bits per heavy atom. The van der Waals surface area contributed by atoms with Gasteiger partial charge in [0.25, 0.3) is 0 Å². The first-order valence-corrected chi connectivity index (χ1v) is 7.75.